The predicted molar refractivity (Wildman–Crippen MR) is 104 cm³/mol. The Morgan fingerprint density at radius 2 is 1.90 bits per heavy atom. The normalized spacial score (nSPS) is 21.4. The van der Waals surface area contributed by atoms with E-state index in [1.807, 2.05) is 0 Å². The van der Waals surface area contributed by atoms with Gasteiger partial charge >= 0.3 is 6.09 Å². The number of nitrogens with one attached hydrogen (secondary N) is 1. The van der Waals surface area contributed by atoms with E-state index < -0.39 is 39.3 Å². The predicted octanol–water partition coefficient (Wildman–Crippen LogP) is 3.33. The zero-order valence-electron chi connectivity index (χ0n) is 17.5. The minimum atomic E-state index is -1.53. The van der Waals surface area contributed by atoms with Gasteiger partial charge in [0, 0.05) is 24.7 Å². The van der Waals surface area contributed by atoms with E-state index in [9.17, 15) is 24.1 Å². The van der Waals surface area contributed by atoms with Crippen LogP contribution in [0, 0.1) is 21.3 Å². The number of nitrogens with zero attached hydrogens (tertiary/aromatic N) is 3. The average molecular weight is 408 g/mol. The summed E-state index contributed by atoms with van der Waals surface area (Å²) in [5.41, 5.74) is -4.03. The second-order valence-electron chi connectivity index (χ2n) is 8.54. The lowest BCUT2D eigenvalue weighted by Gasteiger charge is -2.46. The van der Waals surface area contributed by atoms with Crippen LogP contribution >= 0.6 is 0 Å². The third-order valence-electron chi connectivity index (χ3n) is 5.00. The molecule has 1 aromatic rings. The molecule has 2 amide bonds. The number of carbonyl (C=O) groups excluding carboxylic acids is 2. The molecule has 0 radical (unpaired) electrons. The van der Waals surface area contributed by atoms with Crippen LogP contribution in [-0.4, -0.2) is 40.4 Å². The van der Waals surface area contributed by atoms with Gasteiger partial charge in [-0.3, -0.25) is 25.1 Å². The van der Waals surface area contributed by atoms with Crippen LogP contribution in [0.2, 0.25) is 0 Å². The summed E-state index contributed by atoms with van der Waals surface area (Å²) in [6.45, 7) is 9.66. The zero-order chi connectivity index (χ0) is 22.4. The molecule has 9 nitrogen and oxygen atoms in total. The summed E-state index contributed by atoms with van der Waals surface area (Å²) >= 11 is 0. The van der Waals surface area contributed by atoms with Crippen LogP contribution in [0.3, 0.4) is 0 Å². The molecule has 2 rings (SSSR count). The molecule has 0 saturated carbocycles. The molecule has 1 aliphatic rings. The average Bonchev–Trinajstić information content (AvgIpc) is 2.56. The van der Waals surface area contributed by atoms with Gasteiger partial charge < -0.3 is 4.74 Å². The van der Waals surface area contributed by atoms with Gasteiger partial charge in [0.05, 0.1) is 10.3 Å². The van der Waals surface area contributed by atoms with Gasteiger partial charge in [-0.1, -0.05) is 0 Å². The molecule has 0 aliphatic carbocycles. The molecule has 1 N–H and O–H groups in total. The van der Waals surface area contributed by atoms with Crippen molar-refractivity contribution < 1.29 is 23.6 Å². The Labute approximate surface area is 168 Å². The van der Waals surface area contributed by atoms with Crippen LogP contribution in [-0.2, 0) is 15.1 Å². The first kappa shape index (κ1) is 22.3. The number of guanidine groups is 1. The van der Waals surface area contributed by atoms with Crippen LogP contribution in [0.5, 0.6) is 0 Å². The van der Waals surface area contributed by atoms with Crippen LogP contribution in [0.25, 0.3) is 0 Å². The molecule has 158 valence electrons. The molecule has 0 aromatic heterocycles. The zero-order valence-corrected chi connectivity index (χ0v) is 17.5. The fraction of sp³-hybridized carbons (Fsp3) is 0.526. The molecule has 1 atom stereocenters. The first-order valence-corrected chi connectivity index (χ1v) is 8.92. The molecule has 0 spiro atoms. The van der Waals surface area contributed by atoms with Crippen molar-refractivity contribution in [1.29, 1.82) is 0 Å². The first-order chi connectivity index (χ1) is 13.1. The number of non-ortho nitro benzene ring substituents is 1. The molecule has 1 unspecified atom stereocenters. The maximum Gasteiger partial charge on any atom is 0.414 e. The Bertz CT molecular complexity index is 906. The Hall–Kier alpha value is -3.04. The Morgan fingerprint density at radius 1 is 1.31 bits per heavy atom. The standard InChI is InChI=1S/C19H25FN4O5/c1-17(2,3)29-16(26)21-15-22-19(6,18(4,5)14(25)23(15)7)12-10-11(24(27)28)8-9-13(12)20/h8-10H,1-7H3,(H,21,22,26). The second-order valence-corrected chi connectivity index (χ2v) is 8.54. The Morgan fingerprint density at radius 3 is 2.41 bits per heavy atom. The van der Waals surface area contributed by atoms with Gasteiger partial charge in [-0.2, -0.15) is 0 Å². The van der Waals surface area contributed by atoms with E-state index in [1.165, 1.54) is 14.0 Å². The number of hydrogen-bond acceptors (Lipinski definition) is 6. The summed E-state index contributed by atoms with van der Waals surface area (Å²) in [5, 5.41) is 13.6. The quantitative estimate of drug-likeness (QED) is 0.595. The third-order valence-corrected chi connectivity index (χ3v) is 5.00. The number of halogens is 1. The number of alkyl carbamates (subject to hydrolysis) is 1. The van der Waals surface area contributed by atoms with Gasteiger partial charge in [0.1, 0.15) is 17.0 Å². The van der Waals surface area contributed by atoms with Gasteiger partial charge in [0.25, 0.3) is 5.69 Å². The van der Waals surface area contributed by atoms with E-state index in [1.54, 1.807) is 34.6 Å². The van der Waals surface area contributed by atoms with Crippen molar-refractivity contribution in [3.05, 3.63) is 39.7 Å². The molecule has 0 saturated heterocycles. The van der Waals surface area contributed by atoms with E-state index in [0.717, 1.165) is 23.1 Å². The van der Waals surface area contributed by atoms with Crippen molar-refractivity contribution in [3.8, 4) is 0 Å². The summed E-state index contributed by atoms with van der Waals surface area (Å²) in [4.78, 5) is 41.3. The lowest BCUT2D eigenvalue weighted by molar-refractivity contribution is -0.385. The number of hydrogen-bond donors (Lipinski definition) is 1. The highest BCUT2D eigenvalue weighted by atomic mass is 19.1. The minimum Gasteiger partial charge on any atom is -0.444 e. The van der Waals surface area contributed by atoms with Crippen LogP contribution < -0.4 is 5.32 Å². The summed E-state index contributed by atoms with van der Waals surface area (Å²) in [5.74, 6) is -1.34. The largest absolute Gasteiger partial charge is 0.444 e. The fourth-order valence-electron chi connectivity index (χ4n) is 3.05. The number of aliphatic imine (C=N–C) groups is 1. The third kappa shape index (κ3) is 4.06. The van der Waals surface area contributed by atoms with Crippen molar-refractivity contribution in [2.45, 2.75) is 52.7 Å². The summed E-state index contributed by atoms with van der Waals surface area (Å²) < 4.78 is 19.9. The maximum absolute atomic E-state index is 14.7. The van der Waals surface area contributed by atoms with Crippen LogP contribution in [0.1, 0.15) is 47.1 Å². The van der Waals surface area contributed by atoms with E-state index in [0.29, 0.717) is 0 Å². The van der Waals surface area contributed by atoms with Gasteiger partial charge in [-0.25, -0.2) is 14.2 Å². The van der Waals surface area contributed by atoms with Crippen molar-refractivity contribution >= 4 is 23.6 Å². The molecule has 1 heterocycles. The highest BCUT2D eigenvalue weighted by molar-refractivity contribution is 6.06. The molecule has 1 aromatic carbocycles. The molecular formula is C19H25FN4O5. The number of rotatable bonds is 2. The van der Waals surface area contributed by atoms with Gasteiger partial charge in [0.15, 0.2) is 0 Å². The number of amides is 2. The second kappa shape index (κ2) is 7.09. The highest BCUT2D eigenvalue weighted by Gasteiger charge is 2.54. The number of benzene rings is 1. The number of nitro groups is 1. The SMILES string of the molecule is CN1C(=O)C(C)(C)C(C)(c2cc([N+](=O)[O-])ccc2F)N=C1NC(=O)OC(C)(C)C. The molecular weight excluding hydrogens is 383 g/mol. The Kier molecular flexibility index (Phi) is 5.44. The van der Waals surface area contributed by atoms with E-state index in [-0.39, 0.29) is 17.2 Å². The van der Waals surface area contributed by atoms with Crippen LogP contribution in [0.4, 0.5) is 14.9 Å². The summed E-state index contributed by atoms with van der Waals surface area (Å²) in [6, 6.07) is 3.06. The van der Waals surface area contributed by atoms with Gasteiger partial charge in [-0.15, -0.1) is 0 Å². The van der Waals surface area contributed by atoms with Crippen molar-refractivity contribution in [3.63, 3.8) is 0 Å². The van der Waals surface area contributed by atoms with Crippen molar-refractivity contribution in [2.75, 3.05) is 7.05 Å². The number of ether oxygens (including phenoxy) is 1. The summed E-state index contributed by atoms with van der Waals surface area (Å²) in [7, 11) is 1.42. The van der Waals surface area contributed by atoms with E-state index in [4.69, 9.17) is 4.74 Å². The van der Waals surface area contributed by atoms with E-state index in [2.05, 4.69) is 10.3 Å². The highest BCUT2D eigenvalue weighted by Crippen LogP contribution is 2.48. The number of carbonyl (C=O) groups is 2. The minimum absolute atomic E-state index is 0.123. The maximum atomic E-state index is 14.7. The van der Waals surface area contributed by atoms with E-state index >= 15 is 0 Å². The lowest BCUT2D eigenvalue weighted by Crippen LogP contribution is -2.60. The van der Waals surface area contributed by atoms with Crippen molar-refractivity contribution in [1.82, 2.24) is 10.2 Å². The monoisotopic (exact) mass is 408 g/mol. The van der Waals surface area contributed by atoms with Gasteiger partial charge in [0.2, 0.25) is 11.9 Å². The topological polar surface area (TPSA) is 114 Å². The fourth-order valence-corrected chi connectivity index (χ4v) is 3.05. The molecule has 10 heteroatoms. The molecule has 1 aliphatic heterocycles. The molecule has 0 bridgehead atoms. The molecule has 0 fully saturated rings. The number of nitro benzene ring substituents is 1. The first-order valence-electron chi connectivity index (χ1n) is 8.92. The summed E-state index contributed by atoms with van der Waals surface area (Å²) in [6.07, 6.45) is -0.836. The smallest absolute Gasteiger partial charge is 0.414 e. The van der Waals surface area contributed by atoms with Crippen LogP contribution in [0.15, 0.2) is 23.2 Å². The van der Waals surface area contributed by atoms with Crippen molar-refractivity contribution in [2.24, 2.45) is 10.4 Å². The Balaban J connectivity index is 2.62. The molecule has 29 heavy (non-hydrogen) atoms. The van der Waals surface area contributed by atoms with Gasteiger partial charge in [-0.05, 0) is 47.6 Å². The lowest BCUT2D eigenvalue weighted by atomic mass is 9.67.